The van der Waals surface area contributed by atoms with Gasteiger partial charge in [-0.05, 0) is 46.8 Å². The van der Waals surface area contributed by atoms with Crippen LogP contribution in [0, 0.1) is 17.5 Å². The fourth-order valence-corrected chi connectivity index (χ4v) is 2.74. The number of benzene rings is 3. The van der Waals surface area contributed by atoms with E-state index in [4.69, 9.17) is 4.74 Å². The van der Waals surface area contributed by atoms with Crippen LogP contribution < -0.4 is 4.74 Å². The topological polar surface area (TPSA) is 9.23 Å². The van der Waals surface area contributed by atoms with Crippen molar-refractivity contribution in [2.24, 2.45) is 0 Å². The third kappa shape index (κ3) is 3.63. The van der Waals surface area contributed by atoms with E-state index in [-0.39, 0.29) is 10.9 Å². The Morgan fingerprint density at radius 2 is 1.56 bits per heavy atom. The molecule has 0 saturated heterocycles. The Bertz CT molecular complexity index is 1010. The number of hydrogen-bond donors (Lipinski definition) is 0. The molecule has 3 aromatic carbocycles. The van der Waals surface area contributed by atoms with E-state index in [9.17, 15) is 26.3 Å². The summed E-state index contributed by atoms with van der Waals surface area (Å²) in [7, 11) is 0. The van der Waals surface area contributed by atoms with E-state index < -0.39 is 34.6 Å². The molecule has 0 atom stereocenters. The smallest absolute Gasteiger partial charge is 0.422 e. The number of hydrogen-bond acceptors (Lipinski definition) is 1. The van der Waals surface area contributed by atoms with Crippen molar-refractivity contribution in [1.82, 2.24) is 0 Å². The predicted molar refractivity (Wildman–Crippen MR) is 90.0 cm³/mol. The van der Waals surface area contributed by atoms with Gasteiger partial charge in [0.05, 0.1) is 5.39 Å². The van der Waals surface area contributed by atoms with Crippen molar-refractivity contribution in [3.05, 3.63) is 78.1 Å². The van der Waals surface area contributed by atoms with Gasteiger partial charge in [0.1, 0.15) is 35.4 Å². The van der Waals surface area contributed by atoms with Crippen molar-refractivity contribution < 1.29 is 31.1 Å². The molecular weight excluding hydrogens is 370 g/mol. The highest BCUT2D eigenvalue weighted by molar-refractivity contribution is 5.89. The average molecular weight is 382 g/mol. The molecule has 140 valence electrons. The van der Waals surface area contributed by atoms with Crippen LogP contribution in [0.15, 0.2) is 55.1 Å². The SMILES string of the molecule is C=CCOc1ccc(-c2cc(F)c3c(F)c(C(F)(F)F)c(F)cc3c2)cc1. The lowest BCUT2D eigenvalue weighted by Gasteiger charge is -2.13. The number of halogens is 6. The van der Waals surface area contributed by atoms with Gasteiger partial charge in [-0.2, -0.15) is 13.2 Å². The van der Waals surface area contributed by atoms with Crippen molar-refractivity contribution in [2.75, 3.05) is 6.61 Å². The zero-order valence-electron chi connectivity index (χ0n) is 13.7. The third-order valence-electron chi connectivity index (χ3n) is 3.92. The summed E-state index contributed by atoms with van der Waals surface area (Å²) in [6.45, 7) is 3.81. The minimum Gasteiger partial charge on any atom is -0.490 e. The van der Waals surface area contributed by atoms with Crippen molar-refractivity contribution >= 4 is 10.8 Å². The van der Waals surface area contributed by atoms with Gasteiger partial charge in [-0.1, -0.05) is 24.8 Å². The molecule has 0 aromatic heterocycles. The van der Waals surface area contributed by atoms with Crippen LogP contribution in [0.5, 0.6) is 5.75 Å². The molecule has 3 aromatic rings. The first-order valence-corrected chi connectivity index (χ1v) is 7.75. The van der Waals surface area contributed by atoms with Crippen LogP contribution in [0.1, 0.15) is 5.56 Å². The molecule has 0 aliphatic heterocycles. The summed E-state index contributed by atoms with van der Waals surface area (Å²) in [5.41, 5.74) is -1.35. The molecular formula is C20H12F6O. The fourth-order valence-electron chi connectivity index (χ4n) is 2.74. The summed E-state index contributed by atoms with van der Waals surface area (Å²) in [5, 5.41) is -1.21. The normalized spacial score (nSPS) is 11.6. The molecule has 0 aliphatic rings. The van der Waals surface area contributed by atoms with Gasteiger partial charge < -0.3 is 4.74 Å². The molecule has 1 nitrogen and oxygen atoms in total. The quantitative estimate of drug-likeness (QED) is 0.369. The van der Waals surface area contributed by atoms with E-state index in [1.54, 1.807) is 30.3 Å². The van der Waals surface area contributed by atoms with Gasteiger partial charge in [0.25, 0.3) is 0 Å². The van der Waals surface area contributed by atoms with Crippen LogP contribution in [0.3, 0.4) is 0 Å². The predicted octanol–water partition coefficient (Wildman–Crippen LogP) is 6.51. The van der Waals surface area contributed by atoms with Gasteiger partial charge >= 0.3 is 6.18 Å². The standard InChI is InChI=1S/C20H12F6O/c1-2-7-27-14-5-3-11(4-6-14)12-8-13-10-16(22)18(20(24,25)26)19(23)17(13)15(21)9-12/h2-6,8-10H,1,7H2. The molecule has 0 unspecified atom stereocenters. The molecule has 0 saturated carbocycles. The van der Waals surface area contributed by atoms with Crippen LogP contribution >= 0.6 is 0 Å². The number of alkyl halides is 3. The maximum Gasteiger partial charge on any atom is 0.422 e. The van der Waals surface area contributed by atoms with Crippen molar-refractivity contribution in [3.63, 3.8) is 0 Å². The number of rotatable bonds is 4. The van der Waals surface area contributed by atoms with Crippen molar-refractivity contribution in [1.29, 1.82) is 0 Å². The molecule has 0 N–H and O–H groups in total. The molecule has 0 bridgehead atoms. The van der Waals surface area contributed by atoms with Crippen LogP contribution in [-0.2, 0) is 6.18 Å². The molecule has 0 radical (unpaired) electrons. The Morgan fingerprint density at radius 1 is 0.889 bits per heavy atom. The van der Waals surface area contributed by atoms with Crippen LogP contribution in [0.25, 0.3) is 21.9 Å². The number of fused-ring (bicyclic) bond motifs is 1. The molecule has 7 heteroatoms. The fraction of sp³-hybridized carbons (Fsp3) is 0.100. The van der Waals surface area contributed by atoms with E-state index in [2.05, 4.69) is 6.58 Å². The summed E-state index contributed by atoms with van der Waals surface area (Å²) in [5.74, 6) is -4.43. The zero-order valence-corrected chi connectivity index (χ0v) is 13.7. The lowest BCUT2D eigenvalue weighted by Crippen LogP contribution is -2.12. The molecule has 3 rings (SSSR count). The van der Waals surface area contributed by atoms with Gasteiger partial charge in [0, 0.05) is 0 Å². The highest BCUT2D eigenvalue weighted by Crippen LogP contribution is 2.38. The zero-order chi connectivity index (χ0) is 19.8. The molecule has 0 heterocycles. The monoisotopic (exact) mass is 382 g/mol. The minimum absolute atomic E-state index is 0.258. The van der Waals surface area contributed by atoms with Gasteiger partial charge in [-0.15, -0.1) is 0 Å². The first-order valence-electron chi connectivity index (χ1n) is 7.75. The van der Waals surface area contributed by atoms with Gasteiger partial charge in [-0.3, -0.25) is 0 Å². The first-order chi connectivity index (χ1) is 12.7. The van der Waals surface area contributed by atoms with Gasteiger partial charge in [0.15, 0.2) is 0 Å². The third-order valence-corrected chi connectivity index (χ3v) is 3.92. The Balaban J connectivity index is 2.11. The Kier molecular flexibility index (Phi) is 4.87. The highest BCUT2D eigenvalue weighted by atomic mass is 19.4. The largest absolute Gasteiger partial charge is 0.490 e. The first kappa shape index (κ1) is 18.8. The van der Waals surface area contributed by atoms with Crippen LogP contribution in [0.4, 0.5) is 26.3 Å². The minimum atomic E-state index is -5.27. The Hall–Kier alpha value is -2.96. The molecule has 27 heavy (non-hydrogen) atoms. The average Bonchev–Trinajstić information content (AvgIpc) is 2.58. The lowest BCUT2D eigenvalue weighted by molar-refractivity contribution is -0.142. The van der Waals surface area contributed by atoms with Gasteiger partial charge in [-0.25, -0.2) is 13.2 Å². The van der Waals surface area contributed by atoms with E-state index >= 15 is 0 Å². The number of ether oxygens (including phenoxy) is 1. The van der Waals surface area contributed by atoms with Crippen LogP contribution in [0.2, 0.25) is 0 Å². The van der Waals surface area contributed by atoms with E-state index in [1.807, 2.05) is 0 Å². The molecule has 0 spiro atoms. The molecule has 0 fully saturated rings. The Labute approximate surface area is 150 Å². The van der Waals surface area contributed by atoms with Crippen molar-refractivity contribution in [3.8, 4) is 16.9 Å². The van der Waals surface area contributed by atoms with Crippen molar-refractivity contribution in [2.45, 2.75) is 6.18 Å². The van der Waals surface area contributed by atoms with Gasteiger partial charge in [0.2, 0.25) is 0 Å². The second kappa shape index (κ2) is 6.98. The lowest BCUT2D eigenvalue weighted by atomic mass is 9.98. The molecule has 0 aliphatic carbocycles. The van der Waals surface area contributed by atoms with E-state index in [0.29, 0.717) is 24.0 Å². The van der Waals surface area contributed by atoms with Crippen LogP contribution in [-0.4, -0.2) is 6.61 Å². The summed E-state index contributed by atoms with van der Waals surface area (Å²) >= 11 is 0. The van der Waals surface area contributed by atoms with E-state index in [1.165, 1.54) is 6.07 Å². The second-order valence-corrected chi connectivity index (χ2v) is 5.73. The second-order valence-electron chi connectivity index (χ2n) is 5.73. The summed E-state index contributed by atoms with van der Waals surface area (Å²) in [6.07, 6.45) is -3.71. The summed E-state index contributed by atoms with van der Waals surface area (Å²) in [6, 6.07) is 9.01. The summed E-state index contributed by atoms with van der Waals surface area (Å²) < 4.78 is 86.1. The van der Waals surface area contributed by atoms with E-state index in [0.717, 1.165) is 6.07 Å². The maximum absolute atomic E-state index is 14.4. The summed E-state index contributed by atoms with van der Waals surface area (Å²) in [4.78, 5) is 0. The Morgan fingerprint density at radius 3 is 2.15 bits per heavy atom. The maximum atomic E-state index is 14.4. The molecule has 0 amide bonds. The highest BCUT2D eigenvalue weighted by Gasteiger charge is 2.39.